The highest BCUT2D eigenvalue weighted by atomic mass is 31.2. The fraction of sp³-hybridized carbons (Fsp3) is 0.167. The Morgan fingerprint density at radius 2 is 1.52 bits per heavy atom. The number of benzene rings is 2. The molecule has 3 rings (SSSR count). The van der Waals surface area contributed by atoms with Crippen molar-refractivity contribution in [3.8, 4) is 0 Å². The summed E-state index contributed by atoms with van der Waals surface area (Å²) in [6, 6.07) is 16.8. The van der Waals surface area contributed by atoms with E-state index in [9.17, 15) is 9.46 Å². The van der Waals surface area contributed by atoms with Crippen LogP contribution in [0.2, 0.25) is 0 Å². The lowest BCUT2D eigenvalue weighted by Gasteiger charge is -2.23. The van der Waals surface area contributed by atoms with E-state index in [-0.39, 0.29) is 6.04 Å². The SMILES string of the molecule is CC1=[N+](N)C(=N)C(C)N=C1.O=P([O-])(c1ccccc1)c1ccccc1. The van der Waals surface area contributed by atoms with E-state index in [4.69, 9.17) is 11.3 Å². The second kappa shape index (κ2) is 8.01. The maximum absolute atomic E-state index is 12.1. The Morgan fingerprint density at radius 3 is 1.92 bits per heavy atom. The van der Waals surface area contributed by atoms with E-state index >= 15 is 0 Å². The first-order valence-corrected chi connectivity index (χ1v) is 9.38. The van der Waals surface area contributed by atoms with Crippen LogP contribution in [0.5, 0.6) is 0 Å². The molecule has 25 heavy (non-hydrogen) atoms. The normalized spacial score (nSPS) is 17.1. The number of hydrazone groups is 1. The zero-order valence-corrected chi connectivity index (χ0v) is 15.1. The van der Waals surface area contributed by atoms with Gasteiger partial charge in [-0.05, 0) is 6.92 Å². The first kappa shape index (κ1) is 18.8. The lowest BCUT2D eigenvalue weighted by atomic mass is 10.2. The van der Waals surface area contributed by atoms with Crippen molar-refractivity contribution in [1.29, 1.82) is 5.41 Å². The number of nitrogens with one attached hydrogen (secondary N) is 1. The number of hydrazine groups is 1. The van der Waals surface area contributed by atoms with Crippen molar-refractivity contribution in [2.75, 3.05) is 0 Å². The Labute approximate surface area is 147 Å². The second-order valence-electron chi connectivity index (χ2n) is 5.57. The summed E-state index contributed by atoms with van der Waals surface area (Å²) < 4.78 is 13.4. The van der Waals surface area contributed by atoms with Crippen LogP contribution in [0, 0.1) is 5.41 Å². The van der Waals surface area contributed by atoms with Gasteiger partial charge in [0.2, 0.25) is 0 Å². The summed E-state index contributed by atoms with van der Waals surface area (Å²) in [5.74, 6) is 5.84. The molecule has 0 saturated heterocycles. The minimum Gasteiger partial charge on any atom is -0.793 e. The third kappa shape index (κ3) is 4.50. The number of aliphatic imine (C=N–C) groups is 1. The van der Waals surface area contributed by atoms with Crippen molar-refractivity contribution in [3.05, 3.63) is 60.7 Å². The molecule has 1 aliphatic rings. The highest BCUT2D eigenvalue weighted by Gasteiger charge is 2.22. The van der Waals surface area contributed by atoms with Gasteiger partial charge in [-0.25, -0.2) is 0 Å². The Kier molecular flexibility index (Phi) is 6.02. The van der Waals surface area contributed by atoms with E-state index in [0.29, 0.717) is 16.4 Å². The Balaban J connectivity index is 0.000000196. The largest absolute Gasteiger partial charge is 0.793 e. The number of hydrogen-bond acceptors (Lipinski definition) is 5. The number of nitrogens with two attached hydrogens (primary N) is 1. The van der Waals surface area contributed by atoms with Gasteiger partial charge in [-0.15, -0.1) is 4.68 Å². The topological polar surface area (TPSA) is 105 Å². The van der Waals surface area contributed by atoms with Crippen molar-refractivity contribution in [2.24, 2.45) is 10.8 Å². The van der Waals surface area contributed by atoms with E-state index < -0.39 is 7.37 Å². The maximum atomic E-state index is 12.1. The lowest BCUT2D eigenvalue weighted by molar-refractivity contribution is -0.423. The zero-order chi connectivity index (χ0) is 18.4. The van der Waals surface area contributed by atoms with Gasteiger partial charge in [-0.1, -0.05) is 66.1 Å². The predicted molar refractivity (Wildman–Crippen MR) is 101 cm³/mol. The molecule has 0 spiro atoms. The van der Waals surface area contributed by atoms with Gasteiger partial charge >= 0.3 is 5.84 Å². The predicted octanol–water partition coefficient (Wildman–Crippen LogP) is 1.06. The standard InChI is InChI=1S/C12H11O2P.C6H11N4/c13-15(14,11-7-3-1-4-8-11)12-9-5-2-6-10-12;1-4-3-9-5(2)6(7)10(4)8/h1-10H,(H,13,14);3,5,7H,8H2,1-2H3/q;+1/p-1. The van der Waals surface area contributed by atoms with Crippen LogP contribution in [0.4, 0.5) is 0 Å². The van der Waals surface area contributed by atoms with Crippen LogP contribution in [-0.4, -0.2) is 28.5 Å². The molecule has 2 aromatic rings. The molecule has 1 aliphatic heterocycles. The molecule has 0 aliphatic carbocycles. The van der Waals surface area contributed by atoms with Crippen LogP contribution in [0.1, 0.15) is 13.8 Å². The van der Waals surface area contributed by atoms with E-state index in [1.807, 2.05) is 13.8 Å². The van der Waals surface area contributed by atoms with E-state index in [1.54, 1.807) is 66.9 Å². The summed E-state index contributed by atoms with van der Waals surface area (Å²) in [6.45, 7) is 3.66. The molecule has 6 nitrogen and oxygen atoms in total. The van der Waals surface area contributed by atoms with Crippen LogP contribution in [0.3, 0.4) is 0 Å². The molecule has 0 bridgehead atoms. The quantitative estimate of drug-likeness (QED) is 0.477. The third-order valence-electron chi connectivity index (χ3n) is 3.71. The summed E-state index contributed by atoms with van der Waals surface area (Å²) in [5.41, 5.74) is 0.808. The molecule has 1 unspecified atom stereocenters. The monoisotopic (exact) mass is 356 g/mol. The van der Waals surface area contributed by atoms with Gasteiger partial charge in [0, 0.05) is 17.5 Å². The third-order valence-corrected chi connectivity index (χ3v) is 5.67. The molecule has 0 radical (unpaired) electrons. The van der Waals surface area contributed by atoms with Gasteiger partial charge in [0.25, 0.3) is 0 Å². The molecule has 0 saturated carbocycles. The van der Waals surface area contributed by atoms with Crippen molar-refractivity contribution >= 4 is 35.7 Å². The molecule has 7 heteroatoms. The van der Waals surface area contributed by atoms with Crippen LogP contribution in [-0.2, 0) is 4.57 Å². The van der Waals surface area contributed by atoms with Gasteiger partial charge in [-0.2, -0.15) is 0 Å². The van der Waals surface area contributed by atoms with E-state index in [2.05, 4.69) is 4.99 Å². The van der Waals surface area contributed by atoms with Crippen molar-refractivity contribution in [2.45, 2.75) is 19.9 Å². The Morgan fingerprint density at radius 1 is 1.08 bits per heavy atom. The summed E-state index contributed by atoms with van der Waals surface area (Å²) in [7, 11) is -3.65. The molecule has 2 aromatic carbocycles. The molecule has 130 valence electrons. The minimum atomic E-state index is -3.65. The molecule has 1 heterocycles. The van der Waals surface area contributed by atoms with Crippen LogP contribution in [0.25, 0.3) is 0 Å². The van der Waals surface area contributed by atoms with Gasteiger partial charge in [-0.3, -0.25) is 10.8 Å². The van der Waals surface area contributed by atoms with Crippen molar-refractivity contribution in [3.63, 3.8) is 0 Å². The van der Waals surface area contributed by atoms with Crippen LogP contribution < -0.4 is 21.3 Å². The van der Waals surface area contributed by atoms with Crippen LogP contribution in [0.15, 0.2) is 65.7 Å². The van der Waals surface area contributed by atoms with Gasteiger partial charge in [0.1, 0.15) is 5.71 Å². The first-order valence-electron chi connectivity index (χ1n) is 7.76. The molecule has 0 aromatic heterocycles. The molecular weight excluding hydrogens is 335 g/mol. The van der Waals surface area contributed by atoms with Crippen molar-refractivity contribution in [1.82, 2.24) is 0 Å². The Bertz CT molecular complexity index is 804. The molecule has 0 amide bonds. The molecule has 0 fully saturated rings. The highest BCUT2D eigenvalue weighted by molar-refractivity contribution is 7.72. The summed E-state index contributed by atoms with van der Waals surface area (Å²) in [4.78, 5) is 16.1. The highest BCUT2D eigenvalue weighted by Crippen LogP contribution is 2.32. The fourth-order valence-corrected chi connectivity index (χ4v) is 3.57. The lowest BCUT2D eigenvalue weighted by Crippen LogP contribution is -2.41. The van der Waals surface area contributed by atoms with E-state index in [0.717, 1.165) is 5.71 Å². The molecule has 1 atom stereocenters. The average Bonchev–Trinajstić information content (AvgIpc) is 2.65. The molecular formula is C18H21N4O2P. The summed E-state index contributed by atoms with van der Waals surface area (Å²) in [6.07, 6.45) is 1.68. The number of amidine groups is 1. The Hall–Kier alpha value is -2.56. The van der Waals surface area contributed by atoms with E-state index in [1.165, 1.54) is 4.68 Å². The zero-order valence-electron chi connectivity index (χ0n) is 14.2. The summed E-state index contributed by atoms with van der Waals surface area (Å²) in [5, 5.41) is 8.11. The average molecular weight is 356 g/mol. The summed E-state index contributed by atoms with van der Waals surface area (Å²) >= 11 is 0. The number of nitrogens with zero attached hydrogens (tertiary/aromatic N) is 2. The first-order chi connectivity index (χ1) is 11.8. The van der Waals surface area contributed by atoms with Gasteiger partial charge in [0.05, 0.1) is 13.6 Å². The van der Waals surface area contributed by atoms with Crippen LogP contribution >= 0.6 is 7.37 Å². The molecule has 3 N–H and O–H groups in total. The second-order valence-corrected chi connectivity index (χ2v) is 7.71. The van der Waals surface area contributed by atoms with Gasteiger partial charge in [0.15, 0.2) is 6.04 Å². The van der Waals surface area contributed by atoms with Gasteiger partial charge < -0.3 is 9.46 Å². The smallest absolute Gasteiger partial charge is 0.337 e. The number of hydrogen-bond donors (Lipinski definition) is 2. The number of rotatable bonds is 2. The minimum absolute atomic E-state index is 0.103. The fourth-order valence-electron chi connectivity index (χ4n) is 2.14. The van der Waals surface area contributed by atoms with Crippen molar-refractivity contribution < 1.29 is 14.1 Å². The maximum Gasteiger partial charge on any atom is 0.337 e.